The van der Waals surface area contributed by atoms with Crippen LogP contribution in [0.15, 0.2) is 34.7 Å². The van der Waals surface area contributed by atoms with Crippen LogP contribution in [0.5, 0.6) is 0 Å². The Hall–Kier alpha value is -2.21. The fourth-order valence-electron chi connectivity index (χ4n) is 1.93. The minimum Gasteiger partial charge on any atom is -0.463 e. The van der Waals surface area contributed by atoms with E-state index in [9.17, 15) is 13.6 Å². The van der Waals surface area contributed by atoms with Crippen molar-refractivity contribution in [1.29, 1.82) is 0 Å². The summed E-state index contributed by atoms with van der Waals surface area (Å²) in [7, 11) is 2.76. The lowest BCUT2D eigenvalue weighted by Crippen LogP contribution is -2.20. The van der Waals surface area contributed by atoms with E-state index >= 15 is 0 Å². The average Bonchev–Trinajstić information content (AvgIpc) is 2.91. The number of methoxy groups -OCH3 is 1. The Kier molecular flexibility index (Phi) is 4.14. The van der Waals surface area contributed by atoms with E-state index in [2.05, 4.69) is 10.1 Å². The highest BCUT2D eigenvalue weighted by Crippen LogP contribution is 2.28. The summed E-state index contributed by atoms with van der Waals surface area (Å²) in [4.78, 5) is 11.3. The molecule has 106 valence electrons. The van der Waals surface area contributed by atoms with Gasteiger partial charge >= 0.3 is 5.97 Å². The quantitative estimate of drug-likeness (QED) is 0.875. The second-order valence-corrected chi connectivity index (χ2v) is 4.05. The number of carbonyl (C=O) groups excluding carboxylic acids is 1. The van der Waals surface area contributed by atoms with E-state index < -0.39 is 23.6 Å². The molecule has 0 fully saturated rings. The van der Waals surface area contributed by atoms with Crippen molar-refractivity contribution in [3.63, 3.8) is 0 Å². The largest absolute Gasteiger partial charge is 0.463 e. The highest BCUT2D eigenvalue weighted by Gasteiger charge is 2.24. The Morgan fingerprint density at radius 3 is 2.45 bits per heavy atom. The predicted octanol–water partition coefficient (Wildman–Crippen LogP) is 2.65. The molecule has 20 heavy (non-hydrogen) atoms. The van der Waals surface area contributed by atoms with Gasteiger partial charge in [-0.3, -0.25) is 0 Å². The monoisotopic (exact) mass is 281 g/mol. The Balaban J connectivity index is 2.42. The third-order valence-electron chi connectivity index (χ3n) is 2.87. The van der Waals surface area contributed by atoms with E-state index in [1.165, 1.54) is 32.4 Å². The smallest absolute Gasteiger partial charge is 0.373 e. The van der Waals surface area contributed by atoms with Crippen LogP contribution in [0.1, 0.15) is 27.9 Å². The van der Waals surface area contributed by atoms with E-state index in [1.54, 1.807) is 0 Å². The van der Waals surface area contributed by atoms with Crippen LogP contribution in [-0.4, -0.2) is 20.1 Å². The molecule has 1 heterocycles. The first-order chi connectivity index (χ1) is 9.58. The lowest BCUT2D eigenvalue weighted by molar-refractivity contribution is 0.0562. The summed E-state index contributed by atoms with van der Waals surface area (Å²) in [6, 6.07) is 5.63. The number of hydrogen-bond acceptors (Lipinski definition) is 4. The molecule has 1 aromatic carbocycles. The van der Waals surface area contributed by atoms with Crippen molar-refractivity contribution >= 4 is 5.97 Å². The minimum absolute atomic E-state index is 0.0282. The summed E-state index contributed by atoms with van der Waals surface area (Å²) in [5, 5.41) is 2.76. The van der Waals surface area contributed by atoms with Gasteiger partial charge in [0.25, 0.3) is 0 Å². The summed E-state index contributed by atoms with van der Waals surface area (Å²) in [5.74, 6) is -1.85. The number of nitrogens with one attached hydrogen (secondary N) is 1. The minimum atomic E-state index is -0.838. The molecule has 4 nitrogen and oxygen atoms in total. The summed E-state index contributed by atoms with van der Waals surface area (Å²) >= 11 is 0. The zero-order chi connectivity index (χ0) is 14.7. The maximum absolute atomic E-state index is 13.8. The number of halogens is 2. The number of esters is 1. The molecule has 0 aliphatic heterocycles. The highest BCUT2D eigenvalue weighted by molar-refractivity contribution is 5.86. The number of furan rings is 1. The van der Waals surface area contributed by atoms with Crippen molar-refractivity contribution in [2.45, 2.75) is 6.04 Å². The van der Waals surface area contributed by atoms with Crippen molar-refractivity contribution in [3.8, 4) is 0 Å². The predicted molar refractivity (Wildman–Crippen MR) is 67.3 cm³/mol. The lowest BCUT2D eigenvalue weighted by Gasteiger charge is -2.15. The first-order valence-electron chi connectivity index (χ1n) is 5.87. The number of carbonyl (C=O) groups is 1. The first-order valence-corrected chi connectivity index (χ1v) is 5.87. The van der Waals surface area contributed by atoms with Crippen molar-refractivity contribution in [2.75, 3.05) is 14.2 Å². The van der Waals surface area contributed by atoms with Gasteiger partial charge in [0.15, 0.2) is 0 Å². The fraction of sp³-hybridized carbons (Fsp3) is 0.214. The molecule has 0 amide bonds. The normalized spacial score (nSPS) is 12.2. The molecule has 2 rings (SSSR count). The Morgan fingerprint density at radius 1 is 1.25 bits per heavy atom. The molecule has 0 aliphatic carbocycles. The molecule has 1 aromatic heterocycles. The third kappa shape index (κ3) is 2.55. The molecule has 0 saturated carbocycles. The van der Waals surface area contributed by atoms with Gasteiger partial charge in [-0.25, -0.2) is 13.6 Å². The zero-order valence-electron chi connectivity index (χ0n) is 10.9. The van der Waals surface area contributed by atoms with Crippen molar-refractivity contribution in [3.05, 3.63) is 59.1 Å². The highest BCUT2D eigenvalue weighted by atomic mass is 19.1. The fourth-order valence-corrected chi connectivity index (χ4v) is 1.93. The van der Waals surface area contributed by atoms with Crippen LogP contribution in [0.4, 0.5) is 8.78 Å². The number of rotatable bonds is 4. The van der Waals surface area contributed by atoms with Crippen LogP contribution >= 0.6 is 0 Å². The molecular formula is C14H13F2NO3. The van der Waals surface area contributed by atoms with Gasteiger partial charge in [0, 0.05) is 5.56 Å². The molecule has 0 saturated heterocycles. The van der Waals surface area contributed by atoms with Gasteiger partial charge in [-0.15, -0.1) is 0 Å². The Labute approximate surface area is 114 Å². The maximum atomic E-state index is 13.8. The topological polar surface area (TPSA) is 51.5 Å². The van der Waals surface area contributed by atoms with Gasteiger partial charge in [0.05, 0.1) is 13.2 Å². The van der Waals surface area contributed by atoms with Crippen molar-refractivity contribution in [1.82, 2.24) is 5.32 Å². The van der Waals surface area contributed by atoms with E-state index in [-0.39, 0.29) is 17.1 Å². The molecule has 0 radical (unpaired) electrons. The van der Waals surface area contributed by atoms with Crippen LogP contribution in [0, 0.1) is 11.6 Å². The summed E-state index contributed by atoms with van der Waals surface area (Å²) in [6.45, 7) is 0. The van der Waals surface area contributed by atoms with Gasteiger partial charge in [-0.2, -0.15) is 0 Å². The SMILES string of the molecule is CNC(c1ccc(C(=O)OC)o1)c1c(F)cccc1F. The van der Waals surface area contributed by atoms with Crippen LogP contribution < -0.4 is 5.32 Å². The maximum Gasteiger partial charge on any atom is 0.373 e. The van der Waals surface area contributed by atoms with Gasteiger partial charge in [-0.05, 0) is 31.3 Å². The van der Waals surface area contributed by atoms with Crippen LogP contribution in [0.3, 0.4) is 0 Å². The molecular weight excluding hydrogens is 268 g/mol. The molecule has 2 aromatic rings. The molecule has 1 atom stereocenters. The van der Waals surface area contributed by atoms with E-state index in [4.69, 9.17) is 4.42 Å². The second-order valence-electron chi connectivity index (χ2n) is 4.05. The van der Waals surface area contributed by atoms with Gasteiger partial charge in [0.1, 0.15) is 17.4 Å². The molecule has 0 bridgehead atoms. The van der Waals surface area contributed by atoms with Crippen LogP contribution in [0.25, 0.3) is 0 Å². The van der Waals surface area contributed by atoms with Crippen molar-refractivity contribution < 1.29 is 22.7 Å². The van der Waals surface area contributed by atoms with Crippen LogP contribution in [-0.2, 0) is 4.74 Å². The number of benzene rings is 1. The van der Waals surface area contributed by atoms with Gasteiger partial charge in [0.2, 0.25) is 5.76 Å². The van der Waals surface area contributed by atoms with E-state index in [0.717, 1.165) is 12.1 Å². The Morgan fingerprint density at radius 2 is 1.90 bits per heavy atom. The summed E-state index contributed by atoms with van der Waals surface area (Å²) < 4.78 is 37.4. The van der Waals surface area contributed by atoms with Crippen molar-refractivity contribution in [2.24, 2.45) is 0 Å². The lowest BCUT2D eigenvalue weighted by atomic mass is 10.0. The van der Waals surface area contributed by atoms with Crippen LogP contribution in [0.2, 0.25) is 0 Å². The molecule has 0 aliphatic rings. The Bertz CT molecular complexity index is 604. The number of hydrogen-bond donors (Lipinski definition) is 1. The summed E-state index contributed by atoms with van der Waals surface area (Å²) in [6.07, 6.45) is 0. The summed E-state index contributed by atoms with van der Waals surface area (Å²) in [5.41, 5.74) is -0.166. The van der Waals surface area contributed by atoms with Gasteiger partial charge < -0.3 is 14.5 Å². The molecule has 6 heteroatoms. The van der Waals surface area contributed by atoms with E-state index in [0.29, 0.717) is 0 Å². The molecule has 1 N–H and O–H groups in total. The van der Waals surface area contributed by atoms with E-state index in [1.807, 2.05) is 0 Å². The third-order valence-corrected chi connectivity index (χ3v) is 2.87. The second kappa shape index (κ2) is 5.83. The standard InChI is InChI=1S/C14H13F2NO3/c1-17-13(12-8(15)4-3-5-9(12)16)10-6-7-11(20-10)14(18)19-2/h3-7,13,17H,1-2H3. The van der Waals surface area contributed by atoms with Gasteiger partial charge in [-0.1, -0.05) is 6.07 Å². The molecule has 1 unspecified atom stereocenters. The average molecular weight is 281 g/mol. The molecule has 0 spiro atoms. The number of ether oxygens (including phenoxy) is 1. The first kappa shape index (κ1) is 14.2. The zero-order valence-corrected chi connectivity index (χ0v) is 10.9.